The Hall–Kier alpha value is -2.91. The second-order valence-electron chi connectivity index (χ2n) is 8.24. The van der Waals surface area contributed by atoms with Gasteiger partial charge in [0.25, 0.3) is 0 Å². The Morgan fingerprint density at radius 2 is 0.970 bits per heavy atom. The Labute approximate surface area is 197 Å². The fourth-order valence-electron chi connectivity index (χ4n) is 4.71. The van der Waals surface area contributed by atoms with E-state index in [1.54, 1.807) is 28.4 Å². The van der Waals surface area contributed by atoms with E-state index in [0.717, 1.165) is 33.1 Å². The van der Waals surface area contributed by atoms with Crippen molar-refractivity contribution in [3.8, 4) is 23.0 Å². The molecule has 0 aliphatic rings. The van der Waals surface area contributed by atoms with Gasteiger partial charge in [-0.05, 0) is 56.2 Å². The van der Waals surface area contributed by atoms with Crippen LogP contribution in [0.4, 0.5) is 0 Å². The predicted molar refractivity (Wildman–Crippen MR) is 134 cm³/mol. The van der Waals surface area contributed by atoms with E-state index >= 15 is 4.57 Å². The lowest BCUT2D eigenvalue weighted by molar-refractivity contribution is 0.386. The Morgan fingerprint density at radius 1 is 0.636 bits per heavy atom. The van der Waals surface area contributed by atoms with Gasteiger partial charge in [0.05, 0.1) is 28.4 Å². The molecule has 3 rings (SSSR count). The molecule has 0 amide bonds. The average Bonchev–Trinajstić information content (AvgIpc) is 2.78. The largest absolute Gasteiger partial charge is 0.496 e. The number of methoxy groups -OCH3 is 4. The highest BCUT2D eigenvalue weighted by molar-refractivity contribution is 7.70. The van der Waals surface area contributed by atoms with Crippen LogP contribution in [-0.4, -0.2) is 28.4 Å². The maximum absolute atomic E-state index is 15.2. The van der Waals surface area contributed by atoms with Gasteiger partial charge in [0.2, 0.25) is 0 Å². The van der Waals surface area contributed by atoms with Crippen LogP contribution in [0.3, 0.4) is 0 Å². The molecule has 0 fully saturated rings. The highest BCUT2D eigenvalue weighted by Crippen LogP contribution is 2.57. The Bertz CT molecular complexity index is 1060. The SMILES string of the molecule is COc1cccc(OC)c1CP(=O)(Cc1c(OC)cccc1OC)c1c(C)cc(C)cc1C. The third-order valence-corrected chi connectivity index (χ3v) is 9.10. The van der Waals surface area contributed by atoms with Crippen LogP contribution in [0, 0.1) is 20.8 Å². The fraction of sp³-hybridized carbons (Fsp3) is 0.333. The minimum atomic E-state index is -3.09. The lowest BCUT2D eigenvalue weighted by atomic mass is 10.1. The van der Waals surface area contributed by atoms with Crippen LogP contribution in [0.15, 0.2) is 48.5 Å². The van der Waals surface area contributed by atoms with Crippen molar-refractivity contribution in [1.29, 1.82) is 0 Å². The molecule has 0 saturated carbocycles. The van der Waals surface area contributed by atoms with Gasteiger partial charge in [-0.15, -0.1) is 0 Å². The van der Waals surface area contributed by atoms with Crippen molar-refractivity contribution in [2.75, 3.05) is 28.4 Å². The van der Waals surface area contributed by atoms with Crippen LogP contribution >= 0.6 is 7.14 Å². The molecule has 0 heterocycles. The van der Waals surface area contributed by atoms with Gasteiger partial charge in [-0.25, -0.2) is 0 Å². The molecule has 0 aromatic heterocycles. The van der Waals surface area contributed by atoms with Crippen molar-refractivity contribution >= 4 is 12.4 Å². The lowest BCUT2D eigenvalue weighted by Gasteiger charge is -2.26. The third kappa shape index (κ3) is 5.04. The number of hydrogen-bond donors (Lipinski definition) is 0. The Morgan fingerprint density at radius 3 is 1.27 bits per heavy atom. The van der Waals surface area contributed by atoms with E-state index in [0.29, 0.717) is 23.0 Å². The molecule has 0 unspecified atom stereocenters. The summed E-state index contributed by atoms with van der Waals surface area (Å²) in [6.45, 7) is 6.11. The van der Waals surface area contributed by atoms with E-state index in [2.05, 4.69) is 19.1 Å². The molecular formula is C27H33O5P. The van der Waals surface area contributed by atoms with Gasteiger partial charge < -0.3 is 23.5 Å². The first-order valence-corrected chi connectivity index (χ1v) is 12.9. The van der Waals surface area contributed by atoms with Crippen LogP contribution in [0.1, 0.15) is 27.8 Å². The zero-order chi connectivity index (χ0) is 24.2. The highest BCUT2D eigenvalue weighted by atomic mass is 31.2. The van der Waals surface area contributed by atoms with Gasteiger partial charge in [0.1, 0.15) is 30.1 Å². The molecule has 5 nitrogen and oxygen atoms in total. The minimum Gasteiger partial charge on any atom is -0.496 e. The molecule has 0 spiro atoms. The molecule has 0 aliphatic carbocycles. The first-order chi connectivity index (χ1) is 15.8. The molecule has 3 aromatic carbocycles. The summed E-state index contributed by atoms with van der Waals surface area (Å²) in [6, 6.07) is 15.4. The molecule has 33 heavy (non-hydrogen) atoms. The van der Waals surface area contributed by atoms with E-state index in [9.17, 15) is 0 Å². The monoisotopic (exact) mass is 468 g/mol. The van der Waals surface area contributed by atoms with Crippen molar-refractivity contribution in [2.45, 2.75) is 33.1 Å². The minimum absolute atomic E-state index is 0.284. The maximum Gasteiger partial charge on any atom is 0.126 e. The van der Waals surface area contributed by atoms with Gasteiger partial charge >= 0.3 is 0 Å². The molecule has 0 atom stereocenters. The zero-order valence-corrected chi connectivity index (χ0v) is 21.4. The maximum atomic E-state index is 15.2. The lowest BCUT2D eigenvalue weighted by Crippen LogP contribution is -2.17. The van der Waals surface area contributed by atoms with Crippen LogP contribution in [0.2, 0.25) is 0 Å². The normalized spacial score (nSPS) is 11.2. The second kappa shape index (κ2) is 10.4. The standard InChI is InChI=1S/C27H33O5P/c1-18-14-19(2)27(20(3)15-18)33(28,16-21-23(29-4)10-8-11-24(21)30-5)17-22-25(31-6)12-9-13-26(22)32-7/h8-15H,16-17H2,1-7H3. The van der Waals surface area contributed by atoms with E-state index in [4.69, 9.17) is 18.9 Å². The molecule has 3 aromatic rings. The van der Waals surface area contributed by atoms with Gasteiger partial charge in [0, 0.05) is 28.8 Å². The second-order valence-corrected chi connectivity index (χ2v) is 11.1. The molecule has 0 N–H and O–H groups in total. The quantitative estimate of drug-likeness (QED) is 0.359. The molecule has 0 saturated heterocycles. The number of hydrogen-bond acceptors (Lipinski definition) is 5. The van der Waals surface area contributed by atoms with Crippen LogP contribution in [0.5, 0.6) is 23.0 Å². The van der Waals surface area contributed by atoms with Gasteiger partial charge in [-0.2, -0.15) is 0 Å². The summed E-state index contributed by atoms with van der Waals surface area (Å²) < 4.78 is 37.7. The smallest absolute Gasteiger partial charge is 0.126 e. The summed E-state index contributed by atoms with van der Waals surface area (Å²) >= 11 is 0. The Kier molecular flexibility index (Phi) is 7.76. The summed E-state index contributed by atoms with van der Waals surface area (Å²) in [6.07, 6.45) is 0.568. The van der Waals surface area contributed by atoms with Crippen molar-refractivity contribution in [2.24, 2.45) is 0 Å². The molecular weight excluding hydrogens is 435 g/mol. The molecule has 6 heteroatoms. The average molecular weight is 469 g/mol. The van der Waals surface area contributed by atoms with Crippen molar-refractivity contribution in [1.82, 2.24) is 0 Å². The van der Waals surface area contributed by atoms with Crippen LogP contribution in [0.25, 0.3) is 0 Å². The number of benzene rings is 3. The van der Waals surface area contributed by atoms with Gasteiger partial charge in [-0.1, -0.05) is 29.8 Å². The molecule has 0 aliphatic heterocycles. The number of rotatable bonds is 9. The number of ether oxygens (including phenoxy) is 4. The molecule has 176 valence electrons. The zero-order valence-electron chi connectivity index (χ0n) is 20.5. The summed E-state index contributed by atoms with van der Waals surface area (Å²) in [7, 11) is 3.39. The summed E-state index contributed by atoms with van der Waals surface area (Å²) in [5.41, 5.74) is 4.75. The van der Waals surface area contributed by atoms with Crippen molar-refractivity contribution < 1.29 is 23.5 Å². The first-order valence-electron chi connectivity index (χ1n) is 10.8. The van der Waals surface area contributed by atoms with Crippen LogP contribution < -0.4 is 24.3 Å². The molecule has 0 radical (unpaired) electrons. The fourth-order valence-corrected chi connectivity index (χ4v) is 8.20. The number of aryl methyl sites for hydroxylation is 3. The van der Waals surface area contributed by atoms with Gasteiger partial charge in [0.15, 0.2) is 0 Å². The van der Waals surface area contributed by atoms with E-state index in [1.807, 2.05) is 50.2 Å². The van der Waals surface area contributed by atoms with Crippen LogP contribution in [-0.2, 0) is 16.9 Å². The van der Waals surface area contributed by atoms with Crippen molar-refractivity contribution in [3.63, 3.8) is 0 Å². The Balaban J connectivity index is 2.28. The highest BCUT2D eigenvalue weighted by Gasteiger charge is 2.34. The third-order valence-electron chi connectivity index (χ3n) is 5.93. The van der Waals surface area contributed by atoms with Gasteiger partial charge in [-0.3, -0.25) is 0 Å². The van der Waals surface area contributed by atoms with Crippen molar-refractivity contribution in [3.05, 3.63) is 76.3 Å². The first kappa shape index (κ1) is 24.7. The summed E-state index contributed by atoms with van der Waals surface area (Å²) in [4.78, 5) is 0. The predicted octanol–water partition coefficient (Wildman–Crippen LogP) is 6.04. The topological polar surface area (TPSA) is 54.0 Å². The van der Waals surface area contributed by atoms with E-state index < -0.39 is 7.14 Å². The summed E-state index contributed by atoms with van der Waals surface area (Å²) in [5.74, 6) is 2.63. The van der Waals surface area contributed by atoms with E-state index in [-0.39, 0.29) is 12.3 Å². The van der Waals surface area contributed by atoms with E-state index in [1.165, 1.54) is 0 Å². The molecule has 0 bridgehead atoms. The summed E-state index contributed by atoms with van der Waals surface area (Å²) in [5, 5.41) is 0.883.